The van der Waals surface area contributed by atoms with Crippen LogP contribution in [-0.4, -0.2) is 22.5 Å². The summed E-state index contributed by atoms with van der Waals surface area (Å²) in [5.74, 6) is 0.856. The highest BCUT2D eigenvalue weighted by atomic mass is 16.5. The Labute approximate surface area is 197 Å². The zero-order chi connectivity index (χ0) is 23.7. The molecule has 0 spiro atoms. The third kappa shape index (κ3) is 3.94. The van der Waals surface area contributed by atoms with Crippen LogP contribution in [0.5, 0.6) is 5.75 Å². The SMILES string of the molecule is CCOc1c(/C(C)=C/C(=O)Nc2nc3ccccc3[nH]2)cc2c(-c3ccccc3)coc2c1C. The number of anilines is 1. The van der Waals surface area contributed by atoms with Crippen molar-refractivity contribution in [2.75, 3.05) is 11.9 Å². The highest BCUT2D eigenvalue weighted by Gasteiger charge is 2.19. The van der Waals surface area contributed by atoms with Crippen LogP contribution in [0.1, 0.15) is 25.0 Å². The maximum atomic E-state index is 12.8. The summed E-state index contributed by atoms with van der Waals surface area (Å²) >= 11 is 0. The normalized spacial score (nSPS) is 11.8. The maximum absolute atomic E-state index is 12.8. The molecule has 170 valence electrons. The molecule has 2 heterocycles. The number of allylic oxidation sites excluding steroid dienone is 1. The van der Waals surface area contributed by atoms with Gasteiger partial charge in [-0.1, -0.05) is 42.5 Å². The van der Waals surface area contributed by atoms with Crippen molar-refractivity contribution in [3.8, 4) is 16.9 Å². The Morgan fingerprint density at radius 2 is 1.91 bits per heavy atom. The number of amides is 1. The molecule has 0 saturated carbocycles. The number of aromatic nitrogens is 2. The molecule has 5 rings (SSSR count). The number of benzene rings is 3. The molecule has 6 heteroatoms. The molecule has 6 nitrogen and oxygen atoms in total. The highest BCUT2D eigenvalue weighted by Crippen LogP contribution is 2.40. The molecule has 2 aromatic heterocycles. The minimum absolute atomic E-state index is 0.271. The summed E-state index contributed by atoms with van der Waals surface area (Å²) in [6, 6.07) is 19.8. The number of ether oxygens (including phenoxy) is 1. The van der Waals surface area contributed by atoms with E-state index >= 15 is 0 Å². The molecule has 5 aromatic rings. The van der Waals surface area contributed by atoms with Crippen molar-refractivity contribution in [1.82, 2.24) is 9.97 Å². The molecule has 0 aliphatic carbocycles. The number of hydrogen-bond acceptors (Lipinski definition) is 4. The van der Waals surface area contributed by atoms with Crippen molar-refractivity contribution in [1.29, 1.82) is 0 Å². The number of carbonyl (C=O) groups excluding carboxylic acids is 1. The van der Waals surface area contributed by atoms with Gasteiger partial charge >= 0.3 is 0 Å². The van der Waals surface area contributed by atoms with Crippen LogP contribution in [0.4, 0.5) is 5.95 Å². The van der Waals surface area contributed by atoms with E-state index in [1.165, 1.54) is 0 Å². The van der Waals surface area contributed by atoms with E-state index < -0.39 is 0 Å². The molecule has 0 radical (unpaired) electrons. The molecule has 0 fully saturated rings. The average Bonchev–Trinajstić information content (AvgIpc) is 3.45. The van der Waals surface area contributed by atoms with E-state index in [-0.39, 0.29) is 5.91 Å². The lowest BCUT2D eigenvalue weighted by molar-refractivity contribution is -0.111. The Morgan fingerprint density at radius 3 is 2.68 bits per heavy atom. The van der Waals surface area contributed by atoms with Crippen LogP contribution in [0.3, 0.4) is 0 Å². The topological polar surface area (TPSA) is 80.1 Å². The van der Waals surface area contributed by atoms with E-state index in [2.05, 4.69) is 27.4 Å². The van der Waals surface area contributed by atoms with Crippen molar-refractivity contribution in [2.24, 2.45) is 0 Å². The monoisotopic (exact) mass is 451 g/mol. The first-order chi connectivity index (χ1) is 16.5. The van der Waals surface area contributed by atoms with E-state index in [0.717, 1.165) is 49.8 Å². The molecular weight excluding hydrogens is 426 g/mol. The molecule has 0 bridgehead atoms. The van der Waals surface area contributed by atoms with Crippen LogP contribution in [0.25, 0.3) is 38.7 Å². The van der Waals surface area contributed by atoms with Crippen LogP contribution in [0, 0.1) is 6.92 Å². The first-order valence-electron chi connectivity index (χ1n) is 11.2. The number of carbonyl (C=O) groups is 1. The summed E-state index contributed by atoms with van der Waals surface area (Å²) in [6.45, 7) is 6.34. The van der Waals surface area contributed by atoms with Crippen molar-refractivity contribution in [3.63, 3.8) is 0 Å². The lowest BCUT2D eigenvalue weighted by atomic mass is 9.96. The largest absolute Gasteiger partial charge is 0.493 e. The van der Waals surface area contributed by atoms with Crippen LogP contribution in [0.15, 0.2) is 77.4 Å². The number of nitrogens with zero attached hydrogens (tertiary/aromatic N) is 1. The van der Waals surface area contributed by atoms with Gasteiger partial charge in [0.25, 0.3) is 5.91 Å². The summed E-state index contributed by atoms with van der Waals surface area (Å²) in [5.41, 5.74) is 7.06. The quantitative estimate of drug-likeness (QED) is 0.281. The van der Waals surface area contributed by atoms with Crippen LogP contribution in [0.2, 0.25) is 0 Å². The smallest absolute Gasteiger partial charge is 0.250 e. The van der Waals surface area contributed by atoms with Gasteiger partial charge in [-0.3, -0.25) is 10.1 Å². The lowest BCUT2D eigenvalue weighted by Crippen LogP contribution is -2.10. The second kappa shape index (κ2) is 8.90. The van der Waals surface area contributed by atoms with Gasteiger partial charge in [-0.25, -0.2) is 4.98 Å². The van der Waals surface area contributed by atoms with E-state index in [1.807, 2.05) is 69.3 Å². The van der Waals surface area contributed by atoms with Crippen molar-refractivity contribution < 1.29 is 13.9 Å². The number of nitrogens with one attached hydrogen (secondary N) is 2. The lowest BCUT2D eigenvalue weighted by Gasteiger charge is -2.15. The molecule has 2 N–H and O–H groups in total. The van der Waals surface area contributed by atoms with Gasteiger partial charge in [0.05, 0.1) is 23.9 Å². The molecular formula is C28H25N3O3. The molecule has 0 aliphatic rings. The second-order valence-electron chi connectivity index (χ2n) is 8.12. The zero-order valence-electron chi connectivity index (χ0n) is 19.3. The number of H-pyrrole nitrogens is 1. The van der Waals surface area contributed by atoms with Crippen molar-refractivity contribution in [3.05, 3.63) is 84.1 Å². The molecule has 3 aromatic carbocycles. The fourth-order valence-corrected chi connectivity index (χ4v) is 4.22. The number of aryl methyl sites for hydroxylation is 1. The zero-order valence-corrected chi connectivity index (χ0v) is 19.3. The third-order valence-corrected chi connectivity index (χ3v) is 5.82. The van der Waals surface area contributed by atoms with E-state index in [1.54, 1.807) is 12.3 Å². The van der Waals surface area contributed by atoms with Gasteiger partial charge in [-0.2, -0.15) is 0 Å². The molecule has 0 unspecified atom stereocenters. The van der Waals surface area contributed by atoms with Crippen LogP contribution in [-0.2, 0) is 4.79 Å². The standard InChI is InChI=1S/C28H25N3O3/c1-4-33-26-18(3)27-21(22(16-34-27)19-10-6-5-7-11-19)15-20(26)17(2)14-25(32)31-28-29-23-12-8-9-13-24(23)30-28/h5-16H,4H2,1-3H3,(H2,29,30,31,32)/b17-14+. The molecule has 34 heavy (non-hydrogen) atoms. The van der Waals surface area contributed by atoms with Gasteiger partial charge in [0, 0.05) is 28.2 Å². The summed E-state index contributed by atoms with van der Waals surface area (Å²) in [6.07, 6.45) is 3.35. The number of hydrogen-bond donors (Lipinski definition) is 2. The Balaban J connectivity index is 1.54. The van der Waals surface area contributed by atoms with Gasteiger partial charge < -0.3 is 14.1 Å². The summed E-state index contributed by atoms with van der Waals surface area (Å²) < 4.78 is 12.0. The average molecular weight is 452 g/mol. The third-order valence-electron chi connectivity index (χ3n) is 5.82. The summed E-state index contributed by atoms with van der Waals surface area (Å²) in [7, 11) is 0. The number of aromatic amines is 1. The molecule has 0 aliphatic heterocycles. The van der Waals surface area contributed by atoms with Crippen LogP contribution < -0.4 is 10.1 Å². The van der Waals surface area contributed by atoms with Crippen LogP contribution >= 0.6 is 0 Å². The fourth-order valence-electron chi connectivity index (χ4n) is 4.22. The maximum Gasteiger partial charge on any atom is 0.250 e. The van der Waals surface area contributed by atoms with E-state index in [0.29, 0.717) is 18.3 Å². The Hall–Kier alpha value is -4.32. The number of para-hydroxylation sites is 2. The minimum atomic E-state index is -0.271. The molecule has 0 atom stereocenters. The summed E-state index contributed by atoms with van der Waals surface area (Å²) in [5, 5.41) is 3.81. The summed E-state index contributed by atoms with van der Waals surface area (Å²) in [4.78, 5) is 20.4. The second-order valence-corrected chi connectivity index (χ2v) is 8.12. The number of furan rings is 1. The van der Waals surface area contributed by atoms with Gasteiger partial charge in [-0.05, 0) is 50.1 Å². The van der Waals surface area contributed by atoms with E-state index in [4.69, 9.17) is 9.15 Å². The predicted molar refractivity (Wildman–Crippen MR) is 136 cm³/mol. The Bertz CT molecular complexity index is 1490. The van der Waals surface area contributed by atoms with E-state index in [9.17, 15) is 4.79 Å². The van der Waals surface area contributed by atoms with Crippen molar-refractivity contribution >= 4 is 39.4 Å². The Kier molecular flexibility index (Phi) is 5.64. The minimum Gasteiger partial charge on any atom is -0.493 e. The highest BCUT2D eigenvalue weighted by molar-refractivity contribution is 6.05. The first-order valence-corrected chi connectivity index (χ1v) is 11.2. The predicted octanol–water partition coefficient (Wildman–Crippen LogP) is 6.73. The van der Waals surface area contributed by atoms with Gasteiger partial charge in [0.2, 0.25) is 5.95 Å². The number of rotatable bonds is 6. The molecule has 1 amide bonds. The molecule has 0 saturated heterocycles. The fraction of sp³-hybridized carbons (Fsp3) is 0.143. The van der Waals surface area contributed by atoms with Gasteiger partial charge in [0.15, 0.2) is 0 Å². The number of imidazole rings is 1. The van der Waals surface area contributed by atoms with Gasteiger partial charge in [0.1, 0.15) is 11.3 Å². The number of fused-ring (bicyclic) bond motifs is 2. The Morgan fingerprint density at radius 1 is 1.15 bits per heavy atom. The van der Waals surface area contributed by atoms with Crippen molar-refractivity contribution in [2.45, 2.75) is 20.8 Å². The van der Waals surface area contributed by atoms with Gasteiger partial charge in [-0.15, -0.1) is 0 Å². The first kappa shape index (κ1) is 21.5.